The molecule has 51 heavy (non-hydrogen) atoms. The fraction of sp³-hybridized carbons (Fsp3) is 0.500. The lowest BCUT2D eigenvalue weighted by Gasteiger charge is -2.39. The number of benzene rings is 2. The molecule has 3 aliphatic rings. The largest absolute Gasteiger partial charge is 0.488 e. The molecule has 1 unspecified atom stereocenters. The Bertz CT molecular complexity index is 1700. The number of ether oxygens (including phenoxy) is 1. The van der Waals surface area contributed by atoms with Gasteiger partial charge in [-0.2, -0.15) is 0 Å². The van der Waals surface area contributed by atoms with E-state index >= 15 is 0 Å². The highest BCUT2D eigenvalue weighted by Crippen LogP contribution is 2.41. The molecule has 2 heterocycles. The number of aliphatic carboxylic acids is 1. The third-order valence-corrected chi connectivity index (χ3v) is 10.9. The molecule has 2 fully saturated rings. The van der Waals surface area contributed by atoms with Gasteiger partial charge in [0.15, 0.2) is 5.82 Å². The van der Waals surface area contributed by atoms with E-state index in [1.165, 1.54) is 49.0 Å². The number of nitrogens with zero attached hydrogens (tertiary/aromatic N) is 3. The number of amides is 2. The summed E-state index contributed by atoms with van der Waals surface area (Å²) in [6.45, 7) is 8.44. The summed E-state index contributed by atoms with van der Waals surface area (Å²) in [7, 11) is 0. The second-order valence-corrected chi connectivity index (χ2v) is 15.7. The Balaban J connectivity index is 1.08. The van der Waals surface area contributed by atoms with Crippen LogP contribution in [0.15, 0.2) is 67.0 Å². The number of nitrogens with one attached hydrogen (secondary N) is 1. The van der Waals surface area contributed by atoms with E-state index in [1.54, 1.807) is 24.3 Å². The minimum Gasteiger partial charge on any atom is -0.488 e. The molecule has 9 heteroatoms. The van der Waals surface area contributed by atoms with Crippen molar-refractivity contribution < 1.29 is 24.2 Å². The van der Waals surface area contributed by atoms with Crippen LogP contribution in [-0.2, 0) is 16.0 Å². The molecule has 0 radical (unpaired) electrons. The average Bonchev–Trinajstić information content (AvgIpc) is 3.10. The van der Waals surface area contributed by atoms with E-state index < -0.39 is 23.8 Å². The van der Waals surface area contributed by atoms with Crippen molar-refractivity contribution in [3.05, 3.63) is 83.7 Å². The predicted octanol–water partition coefficient (Wildman–Crippen LogP) is 7.60. The van der Waals surface area contributed by atoms with Crippen molar-refractivity contribution in [1.82, 2.24) is 20.2 Å². The molecule has 270 valence electrons. The van der Waals surface area contributed by atoms with Crippen LogP contribution in [0.2, 0.25) is 0 Å². The van der Waals surface area contributed by atoms with Crippen LogP contribution in [0.4, 0.5) is 0 Å². The summed E-state index contributed by atoms with van der Waals surface area (Å²) in [4.78, 5) is 49.1. The van der Waals surface area contributed by atoms with Crippen molar-refractivity contribution in [2.75, 3.05) is 13.1 Å². The highest BCUT2D eigenvalue weighted by Gasteiger charge is 2.39. The second-order valence-electron chi connectivity index (χ2n) is 15.7. The molecule has 2 atom stereocenters. The molecule has 2 aromatic carbocycles. The van der Waals surface area contributed by atoms with Crippen LogP contribution in [0.3, 0.4) is 0 Å². The Hall–Kier alpha value is -4.53. The van der Waals surface area contributed by atoms with E-state index in [0.717, 1.165) is 47.3 Å². The smallest absolute Gasteiger partial charge is 0.310 e. The van der Waals surface area contributed by atoms with Crippen LogP contribution >= 0.6 is 0 Å². The molecule has 1 aromatic heterocycles. The molecule has 2 N–H and O–H groups in total. The third-order valence-electron chi connectivity index (χ3n) is 10.9. The minimum atomic E-state index is -0.924. The molecule has 1 saturated heterocycles. The van der Waals surface area contributed by atoms with Gasteiger partial charge >= 0.3 is 5.97 Å². The summed E-state index contributed by atoms with van der Waals surface area (Å²) in [5.41, 5.74) is 4.18. The maximum atomic E-state index is 13.5. The van der Waals surface area contributed by atoms with Gasteiger partial charge in [-0.1, -0.05) is 56.5 Å². The van der Waals surface area contributed by atoms with Crippen molar-refractivity contribution in [1.29, 1.82) is 0 Å². The van der Waals surface area contributed by atoms with Crippen molar-refractivity contribution in [2.24, 2.45) is 23.7 Å². The molecule has 2 amide bonds. The Morgan fingerprint density at radius 2 is 1.57 bits per heavy atom. The molecule has 6 rings (SSSR count). The first-order valence-corrected chi connectivity index (χ1v) is 18.7. The highest BCUT2D eigenvalue weighted by atomic mass is 16.5. The zero-order chi connectivity index (χ0) is 36.1. The highest BCUT2D eigenvalue weighted by molar-refractivity contribution is 5.98. The first kappa shape index (κ1) is 36.3. The van der Waals surface area contributed by atoms with Gasteiger partial charge in [0, 0.05) is 48.6 Å². The molecular weight excluding hydrogens is 640 g/mol. The summed E-state index contributed by atoms with van der Waals surface area (Å²) in [6, 6.07) is 13.7. The van der Waals surface area contributed by atoms with Gasteiger partial charge in [-0.05, 0) is 106 Å². The quantitative estimate of drug-likeness (QED) is 0.212. The van der Waals surface area contributed by atoms with Crippen LogP contribution in [0, 0.1) is 23.7 Å². The van der Waals surface area contributed by atoms with E-state index in [-0.39, 0.29) is 31.0 Å². The predicted molar refractivity (Wildman–Crippen MR) is 198 cm³/mol. The number of carbonyl (C=O) groups is 3. The van der Waals surface area contributed by atoms with Gasteiger partial charge in [-0.15, -0.1) is 0 Å². The zero-order valence-corrected chi connectivity index (χ0v) is 30.4. The van der Waals surface area contributed by atoms with Crippen LogP contribution < -0.4 is 10.1 Å². The average molecular weight is 693 g/mol. The van der Waals surface area contributed by atoms with Crippen LogP contribution in [0.5, 0.6) is 5.75 Å². The number of aromatic nitrogens is 2. The molecule has 3 aromatic rings. The lowest BCUT2D eigenvalue weighted by molar-refractivity contribution is -0.153. The van der Waals surface area contributed by atoms with Gasteiger partial charge < -0.3 is 20.1 Å². The fourth-order valence-electron chi connectivity index (χ4n) is 7.79. The van der Waals surface area contributed by atoms with E-state index in [9.17, 15) is 19.5 Å². The topological polar surface area (TPSA) is 122 Å². The molecule has 9 nitrogen and oxygen atoms in total. The Kier molecular flexibility index (Phi) is 11.2. The van der Waals surface area contributed by atoms with Gasteiger partial charge in [0.1, 0.15) is 17.4 Å². The van der Waals surface area contributed by atoms with Crippen LogP contribution in [0.25, 0.3) is 17.0 Å². The molecule has 1 saturated carbocycles. The number of carbonyl (C=O) groups excluding carboxylic acids is 2. The number of carboxylic acids is 1. The summed E-state index contributed by atoms with van der Waals surface area (Å²) in [6.07, 6.45) is 16.9. The van der Waals surface area contributed by atoms with Gasteiger partial charge in [-0.3, -0.25) is 14.4 Å². The van der Waals surface area contributed by atoms with Crippen molar-refractivity contribution in [2.45, 2.75) is 97.1 Å². The van der Waals surface area contributed by atoms with Crippen LogP contribution in [-0.4, -0.2) is 62.5 Å². The van der Waals surface area contributed by atoms with Crippen LogP contribution in [0.1, 0.15) is 101 Å². The monoisotopic (exact) mass is 692 g/mol. The maximum absolute atomic E-state index is 13.5. The summed E-state index contributed by atoms with van der Waals surface area (Å²) >= 11 is 0. The first-order chi connectivity index (χ1) is 24.5. The fourth-order valence-corrected chi connectivity index (χ4v) is 7.79. The lowest BCUT2D eigenvalue weighted by atomic mass is 9.71. The van der Waals surface area contributed by atoms with Gasteiger partial charge in [0.25, 0.3) is 5.91 Å². The SMILES string of the molecule is CCC1CCC(C2CC=C(c3cnc(-c4ccc(C[C@H](NC(=O)c5ccc(OC(C)(C)C)cc5)C(=O)N5CC(C(=O)O)C5)cc4)nc3)CC2)CC1. The van der Waals surface area contributed by atoms with Gasteiger partial charge in [0.05, 0.1) is 5.92 Å². The number of carboxylic acid groups (broad SMARTS) is 1. The normalized spacial score (nSPS) is 21.6. The zero-order valence-electron chi connectivity index (χ0n) is 30.4. The molecule has 1 aliphatic heterocycles. The molecule has 0 bridgehead atoms. The summed E-state index contributed by atoms with van der Waals surface area (Å²) in [5, 5.41) is 12.2. The third kappa shape index (κ3) is 9.23. The first-order valence-electron chi connectivity index (χ1n) is 18.7. The van der Waals surface area contributed by atoms with Crippen molar-refractivity contribution in [3.8, 4) is 17.1 Å². The van der Waals surface area contributed by atoms with E-state index in [1.807, 2.05) is 57.4 Å². The van der Waals surface area contributed by atoms with E-state index in [2.05, 4.69) is 18.3 Å². The number of likely N-dealkylation sites (tertiary alicyclic amines) is 1. The number of hydrogen-bond donors (Lipinski definition) is 2. The Labute approximate surface area is 301 Å². The van der Waals surface area contributed by atoms with Crippen molar-refractivity contribution >= 4 is 23.4 Å². The van der Waals surface area contributed by atoms with E-state index in [0.29, 0.717) is 17.1 Å². The molecular formula is C42H52N4O5. The Morgan fingerprint density at radius 3 is 2.14 bits per heavy atom. The summed E-state index contributed by atoms with van der Waals surface area (Å²) in [5.74, 6) is 1.69. The minimum absolute atomic E-state index is 0.128. The number of rotatable bonds is 11. The second kappa shape index (κ2) is 15.8. The van der Waals surface area contributed by atoms with Gasteiger partial charge in [-0.25, -0.2) is 9.97 Å². The van der Waals surface area contributed by atoms with Gasteiger partial charge in [0.2, 0.25) is 5.91 Å². The van der Waals surface area contributed by atoms with Crippen molar-refractivity contribution in [3.63, 3.8) is 0 Å². The lowest BCUT2D eigenvalue weighted by Crippen LogP contribution is -2.59. The number of hydrogen-bond acceptors (Lipinski definition) is 6. The Morgan fingerprint density at radius 1 is 0.902 bits per heavy atom. The van der Waals surface area contributed by atoms with E-state index in [4.69, 9.17) is 14.7 Å². The molecule has 0 spiro atoms. The standard InChI is InChI=1S/C42H52N4O5/c1-5-27-6-10-29(11-7-27)30-14-16-31(17-15-30)34-23-43-38(44-24-34)32-12-8-28(9-13-32)22-37(40(48)46-25-35(26-46)41(49)50)45-39(47)33-18-20-36(21-19-33)51-42(2,3)4/h8-9,12-13,16,18-21,23-24,27,29-30,35,37H,5-7,10-11,14-15,17,22,25-26H2,1-4H3,(H,45,47)(H,49,50)/t27?,29?,30?,37-/m0/s1. The molecule has 2 aliphatic carbocycles. The maximum Gasteiger partial charge on any atom is 0.310 e. The summed E-state index contributed by atoms with van der Waals surface area (Å²) < 4.78 is 5.87. The number of allylic oxidation sites excluding steroid dienone is 2.